The average molecular weight is 286 g/mol. The number of carboxylic acid groups (broad SMARTS) is 1. The first-order valence-electron chi connectivity index (χ1n) is 5.88. The van der Waals surface area contributed by atoms with Gasteiger partial charge in [0, 0.05) is 13.1 Å². The lowest BCUT2D eigenvalue weighted by Crippen LogP contribution is -2.32. The SMILES string of the molecule is CCN(C)CCNS(=O)(=O)c1ccc(C(=O)O)cc1. The molecule has 0 atom stereocenters. The second kappa shape index (κ2) is 6.65. The second-order valence-electron chi connectivity index (χ2n) is 4.12. The Morgan fingerprint density at radius 3 is 2.37 bits per heavy atom. The van der Waals surface area contributed by atoms with Crippen LogP contribution in [-0.4, -0.2) is 51.1 Å². The van der Waals surface area contributed by atoms with Crippen molar-refractivity contribution in [1.82, 2.24) is 9.62 Å². The molecule has 0 saturated heterocycles. The van der Waals surface area contributed by atoms with Crippen molar-refractivity contribution < 1.29 is 18.3 Å². The van der Waals surface area contributed by atoms with Gasteiger partial charge in [0.25, 0.3) is 0 Å². The van der Waals surface area contributed by atoms with Crippen LogP contribution >= 0.6 is 0 Å². The molecule has 0 fully saturated rings. The van der Waals surface area contributed by atoms with Gasteiger partial charge >= 0.3 is 5.97 Å². The summed E-state index contributed by atoms with van der Waals surface area (Å²) in [5.74, 6) is -1.08. The summed E-state index contributed by atoms with van der Waals surface area (Å²) in [6.07, 6.45) is 0. The maximum Gasteiger partial charge on any atom is 0.335 e. The molecule has 19 heavy (non-hydrogen) atoms. The molecule has 0 saturated carbocycles. The number of hydrogen-bond acceptors (Lipinski definition) is 4. The molecule has 2 N–H and O–H groups in total. The summed E-state index contributed by atoms with van der Waals surface area (Å²) in [5.41, 5.74) is 0.0599. The van der Waals surface area contributed by atoms with E-state index in [-0.39, 0.29) is 10.5 Å². The summed E-state index contributed by atoms with van der Waals surface area (Å²) >= 11 is 0. The zero-order chi connectivity index (χ0) is 14.5. The lowest BCUT2D eigenvalue weighted by Gasteiger charge is -2.14. The van der Waals surface area contributed by atoms with E-state index in [2.05, 4.69) is 4.72 Å². The normalized spacial score (nSPS) is 11.7. The molecule has 0 aromatic heterocycles. The van der Waals surface area contributed by atoms with E-state index in [1.807, 2.05) is 18.9 Å². The molecule has 0 amide bonds. The van der Waals surface area contributed by atoms with Gasteiger partial charge in [-0.05, 0) is 37.9 Å². The first kappa shape index (κ1) is 15.6. The van der Waals surface area contributed by atoms with Crippen molar-refractivity contribution in [2.45, 2.75) is 11.8 Å². The van der Waals surface area contributed by atoms with Crippen LogP contribution in [0.3, 0.4) is 0 Å². The topological polar surface area (TPSA) is 86.7 Å². The van der Waals surface area contributed by atoms with E-state index in [9.17, 15) is 13.2 Å². The number of carbonyl (C=O) groups is 1. The molecular formula is C12H18N2O4S. The number of carboxylic acids is 1. The van der Waals surface area contributed by atoms with Gasteiger partial charge in [-0.15, -0.1) is 0 Å². The maximum absolute atomic E-state index is 11.9. The summed E-state index contributed by atoms with van der Waals surface area (Å²) in [7, 11) is -1.68. The van der Waals surface area contributed by atoms with Crippen molar-refractivity contribution in [1.29, 1.82) is 0 Å². The third-order valence-electron chi connectivity index (χ3n) is 2.74. The predicted molar refractivity (Wildman–Crippen MR) is 71.8 cm³/mol. The first-order chi connectivity index (χ1) is 8.86. The number of hydrogen-bond donors (Lipinski definition) is 2. The van der Waals surface area contributed by atoms with Crippen LogP contribution in [0, 0.1) is 0 Å². The van der Waals surface area contributed by atoms with Crippen LogP contribution in [0.5, 0.6) is 0 Å². The van der Waals surface area contributed by atoms with Crippen LogP contribution in [0.2, 0.25) is 0 Å². The van der Waals surface area contributed by atoms with Gasteiger partial charge in [0.15, 0.2) is 0 Å². The fourth-order valence-electron chi connectivity index (χ4n) is 1.39. The largest absolute Gasteiger partial charge is 0.478 e. The van der Waals surface area contributed by atoms with E-state index in [1.54, 1.807) is 0 Å². The molecule has 0 heterocycles. The Bertz CT molecular complexity index is 525. The molecule has 0 radical (unpaired) electrons. The quantitative estimate of drug-likeness (QED) is 0.767. The number of benzene rings is 1. The minimum absolute atomic E-state index is 0.0599. The van der Waals surface area contributed by atoms with Crippen LogP contribution in [0.25, 0.3) is 0 Å². The highest BCUT2D eigenvalue weighted by Gasteiger charge is 2.14. The molecule has 6 nitrogen and oxygen atoms in total. The van der Waals surface area contributed by atoms with E-state index in [0.717, 1.165) is 6.54 Å². The minimum atomic E-state index is -3.58. The average Bonchev–Trinajstić information content (AvgIpc) is 2.38. The van der Waals surface area contributed by atoms with Gasteiger partial charge < -0.3 is 10.0 Å². The standard InChI is InChI=1S/C12H18N2O4S/c1-3-14(2)9-8-13-19(17,18)11-6-4-10(5-7-11)12(15)16/h4-7,13H,3,8-9H2,1-2H3,(H,15,16). The van der Waals surface area contributed by atoms with Crippen molar-refractivity contribution >= 4 is 16.0 Å². The van der Waals surface area contributed by atoms with Crippen molar-refractivity contribution in [3.05, 3.63) is 29.8 Å². The molecule has 0 unspecified atom stereocenters. The van der Waals surface area contributed by atoms with E-state index < -0.39 is 16.0 Å². The Morgan fingerprint density at radius 1 is 1.32 bits per heavy atom. The molecule has 7 heteroatoms. The zero-order valence-electron chi connectivity index (χ0n) is 11.0. The van der Waals surface area contributed by atoms with Crippen molar-refractivity contribution in [2.75, 3.05) is 26.7 Å². The lowest BCUT2D eigenvalue weighted by molar-refractivity contribution is 0.0696. The van der Waals surface area contributed by atoms with Gasteiger partial charge in [-0.3, -0.25) is 0 Å². The number of aromatic carboxylic acids is 1. The second-order valence-corrected chi connectivity index (χ2v) is 5.89. The Balaban J connectivity index is 2.69. The third kappa shape index (κ3) is 4.62. The summed E-state index contributed by atoms with van der Waals surface area (Å²) in [6.45, 7) is 3.75. The Hall–Kier alpha value is -1.44. The molecular weight excluding hydrogens is 268 g/mol. The van der Waals surface area contributed by atoms with Crippen LogP contribution in [0.1, 0.15) is 17.3 Å². The summed E-state index contributed by atoms with van der Waals surface area (Å²) in [4.78, 5) is 12.7. The monoisotopic (exact) mass is 286 g/mol. The Kier molecular flexibility index (Phi) is 5.46. The summed E-state index contributed by atoms with van der Waals surface area (Å²) in [5, 5.41) is 8.74. The number of nitrogens with zero attached hydrogens (tertiary/aromatic N) is 1. The van der Waals surface area contributed by atoms with Gasteiger partial charge in [-0.25, -0.2) is 17.9 Å². The molecule has 0 aliphatic heterocycles. The highest BCUT2D eigenvalue weighted by Crippen LogP contribution is 2.10. The van der Waals surface area contributed by atoms with E-state index >= 15 is 0 Å². The van der Waals surface area contributed by atoms with Crippen molar-refractivity contribution in [2.24, 2.45) is 0 Å². The Morgan fingerprint density at radius 2 is 1.89 bits per heavy atom. The van der Waals surface area contributed by atoms with Gasteiger partial charge in [0.2, 0.25) is 10.0 Å². The van der Waals surface area contributed by atoms with Crippen LogP contribution < -0.4 is 4.72 Å². The van der Waals surface area contributed by atoms with E-state index in [4.69, 9.17) is 5.11 Å². The zero-order valence-corrected chi connectivity index (χ0v) is 11.8. The summed E-state index contributed by atoms with van der Waals surface area (Å²) in [6, 6.07) is 5.12. The molecule has 1 aromatic carbocycles. The Labute approximate surface area is 113 Å². The number of nitrogens with one attached hydrogen (secondary N) is 1. The van der Waals surface area contributed by atoms with Gasteiger partial charge in [0.05, 0.1) is 10.5 Å². The highest BCUT2D eigenvalue weighted by molar-refractivity contribution is 7.89. The maximum atomic E-state index is 11.9. The van der Waals surface area contributed by atoms with E-state index in [0.29, 0.717) is 13.1 Å². The third-order valence-corrected chi connectivity index (χ3v) is 4.21. The smallest absolute Gasteiger partial charge is 0.335 e. The summed E-state index contributed by atoms with van der Waals surface area (Å²) < 4.78 is 26.3. The number of rotatable bonds is 7. The minimum Gasteiger partial charge on any atom is -0.478 e. The molecule has 1 rings (SSSR count). The predicted octanol–water partition coefficient (Wildman–Crippen LogP) is 0.615. The van der Waals surface area contributed by atoms with Crippen molar-refractivity contribution in [3.8, 4) is 0 Å². The molecule has 0 aliphatic carbocycles. The molecule has 0 aliphatic rings. The fourth-order valence-corrected chi connectivity index (χ4v) is 2.41. The molecule has 1 aromatic rings. The number of likely N-dealkylation sites (N-methyl/N-ethyl adjacent to an activating group) is 1. The molecule has 106 valence electrons. The van der Waals surface area contributed by atoms with Gasteiger partial charge in [-0.2, -0.15) is 0 Å². The van der Waals surface area contributed by atoms with Crippen molar-refractivity contribution in [3.63, 3.8) is 0 Å². The number of sulfonamides is 1. The van der Waals surface area contributed by atoms with Gasteiger partial charge in [0.1, 0.15) is 0 Å². The fraction of sp³-hybridized carbons (Fsp3) is 0.417. The lowest BCUT2D eigenvalue weighted by atomic mass is 10.2. The molecule has 0 spiro atoms. The van der Waals surface area contributed by atoms with Gasteiger partial charge in [-0.1, -0.05) is 6.92 Å². The highest BCUT2D eigenvalue weighted by atomic mass is 32.2. The molecule has 0 bridgehead atoms. The van der Waals surface area contributed by atoms with Crippen LogP contribution in [0.4, 0.5) is 0 Å². The van der Waals surface area contributed by atoms with E-state index in [1.165, 1.54) is 24.3 Å². The van der Waals surface area contributed by atoms with Crippen LogP contribution in [-0.2, 0) is 10.0 Å². The van der Waals surface area contributed by atoms with Crippen LogP contribution in [0.15, 0.2) is 29.2 Å². The first-order valence-corrected chi connectivity index (χ1v) is 7.36.